The predicted molar refractivity (Wildman–Crippen MR) is 80.2 cm³/mol. The van der Waals surface area contributed by atoms with Crippen molar-refractivity contribution in [3.63, 3.8) is 0 Å². The van der Waals surface area contributed by atoms with Crippen molar-refractivity contribution in [3.05, 3.63) is 29.8 Å². The fraction of sp³-hybridized carbons (Fsp3) is 0.562. The fourth-order valence-corrected chi connectivity index (χ4v) is 2.38. The van der Waals surface area contributed by atoms with E-state index < -0.39 is 0 Å². The van der Waals surface area contributed by atoms with E-state index in [0.717, 1.165) is 44.5 Å². The van der Waals surface area contributed by atoms with Gasteiger partial charge in [-0.05, 0) is 57.0 Å². The molecule has 1 aromatic carbocycles. The highest BCUT2D eigenvalue weighted by Crippen LogP contribution is 2.14. The van der Waals surface area contributed by atoms with Gasteiger partial charge in [-0.1, -0.05) is 13.0 Å². The Morgan fingerprint density at radius 3 is 3.15 bits per heavy atom. The molecule has 1 aromatic rings. The van der Waals surface area contributed by atoms with Crippen molar-refractivity contribution in [2.75, 3.05) is 19.7 Å². The van der Waals surface area contributed by atoms with Crippen LogP contribution >= 0.6 is 0 Å². The predicted octanol–water partition coefficient (Wildman–Crippen LogP) is 2.35. The highest BCUT2D eigenvalue weighted by Gasteiger charge is 2.15. The number of carbonyl (C=O) groups is 1. The van der Waals surface area contributed by atoms with Crippen molar-refractivity contribution in [1.29, 1.82) is 0 Å². The molecule has 4 heteroatoms. The zero-order valence-corrected chi connectivity index (χ0v) is 12.2. The van der Waals surface area contributed by atoms with Gasteiger partial charge in [0.05, 0.1) is 6.61 Å². The van der Waals surface area contributed by atoms with Crippen LogP contribution < -0.4 is 15.4 Å². The first-order valence-corrected chi connectivity index (χ1v) is 7.54. The molecule has 1 saturated heterocycles. The Morgan fingerprint density at radius 2 is 2.30 bits per heavy atom. The van der Waals surface area contributed by atoms with Crippen LogP contribution in [-0.2, 0) is 0 Å². The van der Waals surface area contributed by atoms with Gasteiger partial charge in [-0.15, -0.1) is 0 Å². The lowest BCUT2D eigenvalue weighted by Crippen LogP contribution is -2.35. The molecule has 1 aliphatic rings. The lowest BCUT2D eigenvalue weighted by atomic mass is 10.1. The van der Waals surface area contributed by atoms with E-state index in [1.54, 1.807) is 0 Å². The van der Waals surface area contributed by atoms with Gasteiger partial charge in [0.2, 0.25) is 0 Å². The van der Waals surface area contributed by atoms with Crippen LogP contribution in [0.2, 0.25) is 0 Å². The molecule has 0 aliphatic carbocycles. The van der Waals surface area contributed by atoms with Gasteiger partial charge < -0.3 is 15.4 Å². The molecular weight excluding hydrogens is 252 g/mol. The van der Waals surface area contributed by atoms with Gasteiger partial charge in [0.15, 0.2) is 0 Å². The highest BCUT2D eigenvalue weighted by atomic mass is 16.5. The number of benzene rings is 1. The number of hydrogen-bond donors (Lipinski definition) is 2. The van der Waals surface area contributed by atoms with E-state index in [1.165, 1.54) is 0 Å². The van der Waals surface area contributed by atoms with Crippen molar-refractivity contribution >= 4 is 5.91 Å². The Kier molecular flexibility index (Phi) is 5.87. The van der Waals surface area contributed by atoms with Gasteiger partial charge in [-0.3, -0.25) is 4.79 Å². The van der Waals surface area contributed by atoms with Gasteiger partial charge in [-0.25, -0.2) is 0 Å². The summed E-state index contributed by atoms with van der Waals surface area (Å²) in [5, 5.41) is 6.48. The molecule has 0 aromatic heterocycles. The third-order valence-corrected chi connectivity index (χ3v) is 3.48. The molecule has 1 atom stereocenters. The summed E-state index contributed by atoms with van der Waals surface area (Å²) in [5.74, 6) is 0.765. The van der Waals surface area contributed by atoms with Gasteiger partial charge in [0, 0.05) is 11.6 Å². The fourth-order valence-electron chi connectivity index (χ4n) is 2.38. The largest absolute Gasteiger partial charge is 0.494 e. The minimum Gasteiger partial charge on any atom is -0.494 e. The van der Waals surface area contributed by atoms with Crippen LogP contribution in [-0.4, -0.2) is 31.6 Å². The quantitative estimate of drug-likeness (QED) is 0.868. The molecule has 4 nitrogen and oxygen atoms in total. The van der Waals surface area contributed by atoms with E-state index in [2.05, 4.69) is 17.6 Å². The SMILES string of the molecule is CCCOc1cccc(C(=O)NC2CCCNCC2)c1. The third-order valence-electron chi connectivity index (χ3n) is 3.48. The molecule has 20 heavy (non-hydrogen) atoms. The molecule has 0 saturated carbocycles. The average Bonchev–Trinajstić information content (AvgIpc) is 2.74. The molecular formula is C16H24N2O2. The lowest BCUT2D eigenvalue weighted by molar-refractivity contribution is 0.0933. The second-order valence-electron chi connectivity index (χ2n) is 5.23. The molecule has 1 heterocycles. The summed E-state index contributed by atoms with van der Waals surface area (Å²) in [7, 11) is 0. The van der Waals surface area contributed by atoms with Crippen LogP contribution in [0.3, 0.4) is 0 Å². The Morgan fingerprint density at radius 1 is 1.40 bits per heavy atom. The minimum absolute atomic E-state index is 0.00107. The monoisotopic (exact) mass is 276 g/mol. The first-order valence-electron chi connectivity index (χ1n) is 7.54. The third kappa shape index (κ3) is 4.53. The number of rotatable bonds is 5. The van der Waals surface area contributed by atoms with Crippen molar-refractivity contribution in [1.82, 2.24) is 10.6 Å². The maximum Gasteiger partial charge on any atom is 0.251 e. The molecule has 1 amide bonds. The van der Waals surface area contributed by atoms with Gasteiger partial charge >= 0.3 is 0 Å². The second-order valence-corrected chi connectivity index (χ2v) is 5.23. The van der Waals surface area contributed by atoms with Crippen molar-refractivity contribution in [3.8, 4) is 5.75 Å². The Labute approximate surface area is 120 Å². The number of hydrogen-bond acceptors (Lipinski definition) is 3. The van der Waals surface area contributed by atoms with E-state index in [9.17, 15) is 4.79 Å². The molecule has 1 unspecified atom stereocenters. The lowest BCUT2D eigenvalue weighted by Gasteiger charge is -2.16. The summed E-state index contributed by atoms with van der Waals surface area (Å²) in [6.45, 7) is 4.77. The van der Waals surface area contributed by atoms with Crippen LogP contribution in [0.1, 0.15) is 43.0 Å². The van der Waals surface area contributed by atoms with E-state index in [1.807, 2.05) is 24.3 Å². The average molecular weight is 276 g/mol. The summed E-state index contributed by atoms with van der Waals surface area (Å²) < 4.78 is 5.57. The van der Waals surface area contributed by atoms with Crippen LogP contribution in [0.25, 0.3) is 0 Å². The van der Waals surface area contributed by atoms with Crippen LogP contribution in [0, 0.1) is 0 Å². The zero-order chi connectivity index (χ0) is 14.2. The van der Waals surface area contributed by atoms with Gasteiger partial charge in [-0.2, -0.15) is 0 Å². The van der Waals surface area contributed by atoms with Gasteiger partial charge in [0.1, 0.15) is 5.75 Å². The first kappa shape index (κ1) is 14.9. The molecule has 0 bridgehead atoms. The summed E-state index contributed by atoms with van der Waals surface area (Å²) in [6.07, 6.45) is 4.12. The number of nitrogens with one attached hydrogen (secondary N) is 2. The van der Waals surface area contributed by atoms with Crippen LogP contribution in [0.4, 0.5) is 0 Å². The molecule has 1 fully saturated rings. The molecule has 0 radical (unpaired) electrons. The van der Waals surface area contributed by atoms with Crippen molar-refractivity contribution in [2.24, 2.45) is 0 Å². The Bertz CT molecular complexity index is 426. The Balaban J connectivity index is 1.93. The standard InChI is InChI=1S/C16H24N2O2/c1-2-11-20-15-7-3-5-13(12-15)16(19)18-14-6-4-9-17-10-8-14/h3,5,7,12,14,17H,2,4,6,8-11H2,1H3,(H,18,19). The summed E-state index contributed by atoms with van der Waals surface area (Å²) in [6, 6.07) is 7.69. The summed E-state index contributed by atoms with van der Waals surface area (Å²) in [5.41, 5.74) is 0.677. The second kappa shape index (κ2) is 7.90. The number of amides is 1. The van der Waals surface area contributed by atoms with Crippen LogP contribution in [0.15, 0.2) is 24.3 Å². The van der Waals surface area contributed by atoms with Crippen LogP contribution in [0.5, 0.6) is 5.75 Å². The minimum atomic E-state index is -0.00107. The van der Waals surface area contributed by atoms with E-state index >= 15 is 0 Å². The summed E-state index contributed by atoms with van der Waals surface area (Å²) in [4.78, 5) is 12.3. The topological polar surface area (TPSA) is 50.4 Å². The molecule has 1 aliphatic heterocycles. The first-order chi connectivity index (χ1) is 9.79. The molecule has 110 valence electrons. The number of carbonyl (C=O) groups excluding carboxylic acids is 1. The maximum atomic E-state index is 12.3. The van der Waals surface area contributed by atoms with Crippen molar-refractivity contribution in [2.45, 2.75) is 38.6 Å². The maximum absolute atomic E-state index is 12.3. The van der Waals surface area contributed by atoms with E-state index in [0.29, 0.717) is 12.2 Å². The van der Waals surface area contributed by atoms with Crippen molar-refractivity contribution < 1.29 is 9.53 Å². The smallest absolute Gasteiger partial charge is 0.251 e. The molecule has 2 rings (SSSR count). The normalized spacial score (nSPS) is 19.1. The highest BCUT2D eigenvalue weighted by molar-refractivity contribution is 5.94. The number of ether oxygens (including phenoxy) is 1. The Hall–Kier alpha value is -1.55. The molecule has 0 spiro atoms. The summed E-state index contributed by atoms with van der Waals surface area (Å²) >= 11 is 0. The van der Waals surface area contributed by atoms with Gasteiger partial charge in [0.25, 0.3) is 5.91 Å². The van der Waals surface area contributed by atoms with E-state index in [-0.39, 0.29) is 11.9 Å². The van der Waals surface area contributed by atoms with E-state index in [4.69, 9.17) is 4.74 Å². The zero-order valence-electron chi connectivity index (χ0n) is 12.2. The molecule has 2 N–H and O–H groups in total.